The van der Waals surface area contributed by atoms with Crippen LogP contribution >= 0.6 is 0 Å². The Kier molecular flexibility index (Phi) is 7.76. The first kappa shape index (κ1) is 31.4. The number of furan rings is 1. The highest BCUT2D eigenvalue weighted by Gasteiger charge is 2.26. The normalized spacial score (nSPS) is 11.7. The number of sulfonamides is 1. The fourth-order valence-corrected chi connectivity index (χ4v) is 6.08. The lowest BCUT2D eigenvalue weighted by Crippen LogP contribution is -2.18. The van der Waals surface area contributed by atoms with Gasteiger partial charge in [0.15, 0.2) is 5.82 Å². The Labute approximate surface area is 266 Å². The highest BCUT2D eigenvalue weighted by molar-refractivity contribution is 7.92. The molecule has 2 aromatic heterocycles. The number of carbonyl (C=O) groups excluding carboxylic acids is 2. The Morgan fingerprint density at radius 2 is 1.68 bits per heavy atom. The summed E-state index contributed by atoms with van der Waals surface area (Å²) in [5.41, 5.74) is 6.45. The summed E-state index contributed by atoms with van der Waals surface area (Å²) in [7, 11) is -2.45. The maximum atomic E-state index is 15.8. The van der Waals surface area contributed by atoms with Crippen LogP contribution in [0.15, 0.2) is 71.1 Å². The molecule has 0 aliphatic rings. The van der Waals surface area contributed by atoms with Crippen LogP contribution in [0.2, 0.25) is 0 Å². The van der Waals surface area contributed by atoms with Crippen molar-refractivity contribution in [3.63, 3.8) is 0 Å². The number of hydrogen-bond donors (Lipinski definition) is 3. The molecule has 6 aromatic rings. The van der Waals surface area contributed by atoms with Gasteiger partial charge in [-0.15, -0.1) is 0 Å². The first-order chi connectivity index (χ1) is 22.3. The van der Waals surface area contributed by atoms with E-state index in [2.05, 4.69) is 15.0 Å². The van der Waals surface area contributed by atoms with E-state index in [1.165, 1.54) is 73.1 Å². The number of nitrogens with one attached hydrogen (secondary N) is 2. The quantitative estimate of drug-likeness (QED) is 0.181. The van der Waals surface area contributed by atoms with Gasteiger partial charge < -0.3 is 15.5 Å². The van der Waals surface area contributed by atoms with Gasteiger partial charge in [0.1, 0.15) is 34.3 Å². The van der Waals surface area contributed by atoms with Gasteiger partial charge in [-0.3, -0.25) is 18.9 Å². The number of anilines is 1. The van der Waals surface area contributed by atoms with Gasteiger partial charge in [0, 0.05) is 35.3 Å². The molecule has 0 unspecified atom stereocenters. The van der Waals surface area contributed by atoms with E-state index in [-0.39, 0.29) is 67.1 Å². The van der Waals surface area contributed by atoms with Gasteiger partial charge >= 0.3 is 0 Å². The van der Waals surface area contributed by atoms with Crippen molar-refractivity contribution in [2.75, 3.05) is 17.5 Å². The standard InChI is InChI=1S/C33H26F3N5O5S/c1-4-47(44,45)40-26-15-28-23(29(33(43)38-3)31(46-28)17-5-7-19(34)8-6-17)14-21(26)18-11-25(36)30-27(12-18)41(16(2)39-30)20-9-10-24(35)22(13-20)32(37)42/h5-15,40H,4H2,1-3H3,(H2,37,42)(H,38,43). The van der Waals surface area contributed by atoms with Crippen LogP contribution in [0.25, 0.3) is 50.1 Å². The fraction of sp³-hybridized carbons (Fsp3) is 0.121. The second-order valence-corrected chi connectivity index (χ2v) is 12.7. The van der Waals surface area contributed by atoms with Crippen molar-refractivity contribution in [1.82, 2.24) is 14.9 Å². The number of carbonyl (C=O) groups is 2. The van der Waals surface area contributed by atoms with E-state index in [9.17, 15) is 26.8 Å². The van der Waals surface area contributed by atoms with Gasteiger partial charge in [0.2, 0.25) is 10.0 Å². The molecule has 240 valence electrons. The van der Waals surface area contributed by atoms with Crippen molar-refractivity contribution in [1.29, 1.82) is 0 Å². The summed E-state index contributed by atoms with van der Waals surface area (Å²) in [6.45, 7) is 3.04. The monoisotopic (exact) mass is 661 g/mol. The highest BCUT2D eigenvalue weighted by atomic mass is 32.2. The Morgan fingerprint density at radius 3 is 2.34 bits per heavy atom. The minimum absolute atomic E-state index is 0.0292. The SMILES string of the molecule is CCS(=O)(=O)Nc1cc2oc(-c3ccc(F)cc3)c(C(=O)NC)c2cc1-c1cc(F)c2nc(C)n(-c3ccc(F)c(C(N)=O)c3)c2c1. The molecular weight excluding hydrogens is 635 g/mol. The largest absolute Gasteiger partial charge is 0.455 e. The number of primary amides is 1. The highest BCUT2D eigenvalue weighted by Crippen LogP contribution is 2.41. The number of benzene rings is 4. The van der Waals surface area contributed by atoms with E-state index in [4.69, 9.17) is 10.2 Å². The number of halogens is 3. The van der Waals surface area contributed by atoms with Gasteiger partial charge in [-0.25, -0.2) is 26.6 Å². The molecule has 0 atom stereocenters. The second kappa shape index (κ2) is 11.6. The molecule has 0 aliphatic carbocycles. The van der Waals surface area contributed by atoms with Crippen molar-refractivity contribution in [2.24, 2.45) is 5.73 Å². The average Bonchev–Trinajstić information content (AvgIpc) is 3.57. The van der Waals surface area contributed by atoms with E-state index in [0.29, 0.717) is 11.4 Å². The van der Waals surface area contributed by atoms with Crippen LogP contribution in [0, 0.1) is 24.4 Å². The topological polar surface area (TPSA) is 149 Å². The molecule has 0 aliphatic heterocycles. The minimum atomic E-state index is -3.87. The van der Waals surface area contributed by atoms with Gasteiger partial charge in [-0.1, -0.05) is 0 Å². The summed E-state index contributed by atoms with van der Waals surface area (Å²) in [6, 6.07) is 14.6. The van der Waals surface area contributed by atoms with Crippen molar-refractivity contribution in [3.05, 3.63) is 101 Å². The van der Waals surface area contributed by atoms with Gasteiger partial charge in [-0.2, -0.15) is 0 Å². The Hall–Kier alpha value is -5.63. The molecule has 0 saturated carbocycles. The Bertz CT molecular complexity index is 2370. The molecule has 10 nitrogen and oxygen atoms in total. The Morgan fingerprint density at radius 1 is 0.957 bits per heavy atom. The molecule has 47 heavy (non-hydrogen) atoms. The zero-order chi connectivity index (χ0) is 33.8. The molecule has 14 heteroatoms. The van der Waals surface area contributed by atoms with Crippen molar-refractivity contribution >= 4 is 49.5 Å². The summed E-state index contributed by atoms with van der Waals surface area (Å²) >= 11 is 0. The molecule has 0 radical (unpaired) electrons. The summed E-state index contributed by atoms with van der Waals surface area (Å²) in [5.74, 6) is -3.48. The summed E-state index contributed by atoms with van der Waals surface area (Å²) in [4.78, 5) is 29.4. The van der Waals surface area contributed by atoms with Gasteiger partial charge in [0.25, 0.3) is 11.8 Å². The number of fused-ring (bicyclic) bond motifs is 2. The van der Waals surface area contributed by atoms with E-state index < -0.39 is 39.3 Å². The van der Waals surface area contributed by atoms with Crippen LogP contribution in [0.3, 0.4) is 0 Å². The van der Waals surface area contributed by atoms with E-state index >= 15 is 4.39 Å². The molecular formula is C33H26F3N5O5S. The Balaban J connectivity index is 1.65. The molecule has 0 spiro atoms. The average molecular weight is 662 g/mol. The third-order valence-electron chi connectivity index (χ3n) is 7.70. The van der Waals surface area contributed by atoms with Gasteiger partial charge in [0.05, 0.1) is 28.1 Å². The van der Waals surface area contributed by atoms with Crippen LogP contribution < -0.4 is 15.8 Å². The van der Waals surface area contributed by atoms with Gasteiger partial charge in [-0.05, 0) is 80.1 Å². The number of aryl methyl sites for hydroxylation is 1. The zero-order valence-corrected chi connectivity index (χ0v) is 25.9. The number of amides is 2. The number of imidazole rings is 1. The predicted octanol–water partition coefficient (Wildman–Crippen LogP) is 6.05. The molecule has 2 amide bonds. The lowest BCUT2D eigenvalue weighted by Gasteiger charge is -2.14. The molecule has 6 rings (SSSR count). The fourth-order valence-electron chi connectivity index (χ4n) is 5.44. The minimum Gasteiger partial charge on any atom is -0.455 e. The maximum absolute atomic E-state index is 15.8. The summed E-state index contributed by atoms with van der Waals surface area (Å²) < 4.78 is 79.6. The number of aromatic nitrogens is 2. The van der Waals surface area contributed by atoms with E-state index in [1.54, 1.807) is 13.0 Å². The molecule has 2 heterocycles. The molecule has 4 aromatic carbocycles. The van der Waals surface area contributed by atoms with Crippen LogP contribution in [-0.2, 0) is 10.0 Å². The first-order valence-electron chi connectivity index (χ1n) is 14.2. The van der Waals surface area contributed by atoms with E-state index in [1.807, 2.05) is 0 Å². The molecule has 0 fully saturated rings. The number of hydrogen-bond acceptors (Lipinski definition) is 6. The van der Waals surface area contributed by atoms with Crippen molar-refractivity contribution < 1.29 is 35.6 Å². The summed E-state index contributed by atoms with van der Waals surface area (Å²) in [5, 5.41) is 2.84. The van der Waals surface area contributed by atoms with Crippen molar-refractivity contribution in [2.45, 2.75) is 13.8 Å². The summed E-state index contributed by atoms with van der Waals surface area (Å²) in [6.07, 6.45) is 0. The molecule has 4 N–H and O–H groups in total. The first-order valence-corrected chi connectivity index (χ1v) is 15.8. The zero-order valence-electron chi connectivity index (χ0n) is 25.1. The smallest absolute Gasteiger partial charge is 0.255 e. The lowest BCUT2D eigenvalue weighted by molar-refractivity contribution is 0.0962. The lowest BCUT2D eigenvalue weighted by atomic mass is 9.98. The molecule has 0 bridgehead atoms. The number of rotatable bonds is 8. The van der Waals surface area contributed by atoms with Crippen LogP contribution in [0.1, 0.15) is 33.5 Å². The number of nitrogens with zero attached hydrogens (tertiary/aromatic N) is 2. The third-order valence-corrected chi connectivity index (χ3v) is 8.99. The van der Waals surface area contributed by atoms with E-state index in [0.717, 1.165) is 6.07 Å². The predicted molar refractivity (Wildman–Crippen MR) is 171 cm³/mol. The van der Waals surface area contributed by atoms with Crippen LogP contribution in [-0.4, -0.2) is 42.6 Å². The number of nitrogens with two attached hydrogens (primary N) is 1. The van der Waals surface area contributed by atoms with Crippen LogP contribution in [0.4, 0.5) is 18.9 Å². The van der Waals surface area contributed by atoms with Crippen molar-refractivity contribution in [3.8, 4) is 28.1 Å². The third kappa shape index (κ3) is 5.56. The maximum Gasteiger partial charge on any atom is 0.255 e. The van der Waals surface area contributed by atoms with Crippen LogP contribution in [0.5, 0.6) is 0 Å². The second-order valence-electron chi connectivity index (χ2n) is 10.6. The molecule has 0 saturated heterocycles.